The zero-order chi connectivity index (χ0) is 22.4. The maximum Gasteiger partial charge on any atom is 0.139 e. The average Bonchev–Trinajstić information content (AvgIpc) is 3.51. The molecule has 0 radical (unpaired) electrons. The van der Waals surface area contributed by atoms with Gasteiger partial charge in [0.05, 0.1) is 11.0 Å². The van der Waals surface area contributed by atoms with Crippen molar-refractivity contribution in [1.82, 2.24) is 4.57 Å². The molecule has 0 amide bonds. The van der Waals surface area contributed by atoms with Crippen LogP contribution in [0.2, 0.25) is 0 Å². The maximum absolute atomic E-state index is 6.31. The summed E-state index contributed by atoms with van der Waals surface area (Å²) in [5.74, 6) is 0. The highest BCUT2D eigenvalue weighted by molar-refractivity contribution is 6.33. The summed E-state index contributed by atoms with van der Waals surface area (Å²) in [6, 6.07) is 34.2. The van der Waals surface area contributed by atoms with E-state index in [0.717, 1.165) is 49.6 Å². The number of rotatable bonds is 1. The standard InChI is InChI=1S/C30H18BNO2/c31-17-9-11-27-21(13-17)23-15-30-24(16-29(23)33-27)22-14-18(10-12-28(22)34-30)32-25-7-3-1-5-19(25)20-6-2-4-8-26(20)32/h1-16H,31H2. The second kappa shape index (κ2) is 6.33. The lowest BCUT2D eigenvalue weighted by Crippen LogP contribution is -1.98. The Hall–Kier alpha value is -4.44. The fourth-order valence-electron chi connectivity index (χ4n) is 5.49. The van der Waals surface area contributed by atoms with E-state index in [-0.39, 0.29) is 0 Å². The molecule has 3 nitrogen and oxygen atoms in total. The zero-order valence-electron chi connectivity index (χ0n) is 18.5. The summed E-state index contributed by atoms with van der Waals surface area (Å²) < 4.78 is 14.8. The Morgan fingerprint density at radius 1 is 0.471 bits per heavy atom. The molecular formula is C30H18BNO2. The number of nitrogens with zero attached hydrogens (tertiary/aromatic N) is 1. The Morgan fingerprint density at radius 2 is 1.00 bits per heavy atom. The molecule has 5 aromatic carbocycles. The summed E-state index contributed by atoms with van der Waals surface area (Å²) in [7, 11) is 2.11. The minimum Gasteiger partial charge on any atom is -0.456 e. The van der Waals surface area contributed by atoms with Gasteiger partial charge >= 0.3 is 0 Å². The van der Waals surface area contributed by atoms with E-state index in [0.29, 0.717) is 0 Å². The summed E-state index contributed by atoms with van der Waals surface area (Å²) in [5.41, 5.74) is 8.29. The number of hydrogen-bond acceptors (Lipinski definition) is 2. The van der Waals surface area contributed by atoms with Crippen LogP contribution in [-0.4, -0.2) is 12.4 Å². The van der Waals surface area contributed by atoms with E-state index >= 15 is 0 Å². The van der Waals surface area contributed by atoms with Gasteiger partial charge < -0.3 is 13.4 Å². The minimum atomic E-state index is 0.881. The van der Waals surface area contributed by atoms with Gasteiger partial charge in [-0.1, -0.05) is 54.0 Å². The first-order valence-electron chi connectivity index (χ1n) is 11.5. The van der Waals surface area contributed by atoms with Gasteiger partial charge in [-0.3, -0.25) is 0 Å². The van der Waals surface area contributed by atoms with Crippen molar-refractivity contribution in [2.75, 3.05) is 0 Å². The fraction of sp³-hybridized carbons (Fsp3) is 0. The molecule has 8 rings (SSSR count). The van der Waals surface area contributed by atoms with Gasteiger partial charge in [-0.05, 0) is 48.5 Å². The van der Waals surface area contributed by atoms with Gasteiger partial charge in [-0.15, -0.1) is 0 Å². The predicted octanol–water partition coefficient (Wildman–Crippen LogP) is 6.84. The van der Waals surface area contributed by atoms with Crippen LogP contribution in [0.3, 0.4) is 0 Å². The number of fused-ring (bicyclic) bond motifs is 9. The quantitative estimate of drug-likeness (QED) is 0.264. The van der Waals surface area contributed by atoms with Crippen molar-refractivity contribution >= 4 is 79.0 Å². The first-order chi connectivity index (χ1) is 16.7. The Labute approximate surface area is 195 Å². The maximum atomic E-state index is 6.31. The molecular weight excluding hydrogens is 417 g/mol. The highest BCUT2D eigenvalue weighted by Crippen LogP contribution is 2.38. The number of furan rings is 2. The van der Waals surface area contributed by atoms with Crippen LogP contribution >= 0.6 is 0 Å². The highest BCUT2D eigenvalue weighted by atomic mass is 16.3. The number of para-hydroxylation sites is 2. The van der Waals surface area contributed by atoms with Gasteiger partial charge in [0.1, 0.15) is 30.2 Å². The molecule has 0 N–H and O–H groups in total. The molecule has 4 heteroatoms. The summed E-state index contributed by atoms with van der Waals surface area (Å²) in [4.78, 5) is 0. The van der Waals surface area contributed by atoms with Crippen LogP contribution in [-0.2, 0) is 0 Å². The molecule has 0 atom stereocenters. The van der Waals surface area contributed by atoms with E-state index in [9.17, 15) is 0 Å². The topological polar surface area (TPSA) is 31.2 Å². The Balaban J connectivity index is 1.44. The first kappa shape index (κ1) is 18.0. The second-order valence-corrected chi connectivity index (χ2v) is 9.10. The van der Waals surface area contributed by atoms with E-state index in [1.54, 1.807) is 0 Å². The molecule has 0 aliphatic rings. The van der Waals surface area contributed by atoms with Crippen LogP contribution < -0.4 is 5.46 Å². The summed E-state index contributed by atoms with van der Waals surface area (Å²) >= 11 is 0. The van der Waals surface area contributed by atoms with Crippen molar-refractivity contribution in [2.45, 2.75) is 0 Å². The van der Waals surface area contributed by atoms with Crippen molar-refractivity contribution in [3.05, 3.63) is 97.1 Å². The summed E-state index contributed by atoms with van der Waals surface area (Å²) in [6.07, 6.45) is 0. The molecule has 0 saturated carbocycles. The van der Waals surface area contributed by atoms with E-state index in [1.807, 2.05) is 6.07 Å². The van der Waals surface area contributed by atoms with Gasteiger partial charge in [0.15, 0.2) is 0 Å². The smallest absolute Gasteiger partial charge is 0.139 e. The van der Waals surface area contributed by atoms with Crippen LogP contribution in [0.25, 0.3) is 71.4 Å². The normalized spacial score (nSPS) is 12.2. The molecule has 34 heavy (non-hydrogen) atoms. The van der Waals surface area contributed by atoms with Crippen LogP contribution in [0.1, 0.15) is 0 Å². The molecule has 8 aromatic rings. The largest absolute Gasteiger partial charge is 0.456 e. The first-order valence-corrected chi connectivity index (χ1v) is 11.5. The van der Waals surface area contributed by atoms with Crippen LogP contribution in [0, 0.1) is 0 Å². The van der Waals surface area contributed by atoms with E-state index < -0.39 is 0 Å². The van der Waals surface area contributed by atoms with Crippen molar-refractivity contribution in [2.24, 2.45) is 0 Å². The van der Waals surface area contributed by atoms with Gasteiger partial charge in [0, 0.05) is 38.0 Å². The third kappa shape index (κ3) is 2.32. The monoisotopic (exact) mass is 435 g/mol. The average molecular weight is 435 g/mol. The van der Waals surface area contributed by atoms with Crippen molar-refractivity contribution in [1.29, 1.82) is 0 Å². The van der Waals surface area contributed by atoms with Crippen molar-refractivity contribution in [3.63, 3.8) is 0 Å². The van der Waals surface area contributed by atoms with Gasteiger partial charge in [0.25, 0.3) is 0 Å². The van der Waals surface area contributed by atoms with Gasteiger partial charge in [-0.2, -0.15) is 0 Å². The Kier molecular flexibility index (Phi) is 3.36. The lowest BCUT2D eigenvalue weighted by molar-refractivity contribution is 0.664. The summed E-state index contributed by atoms with van der Waals surface area (Å²) in [6.45, 7) is 0. The lowest BCUT2D eigenvalue weighted by atomic mass is 9.94. The molecule has 0 fully saturated rings. The molecule has 0 spiro atoms. The van der Waals surface area contributed by atoms with Crippen LogP contribution in [0.4, 0.5) is 0 Å². The van der Waals surface area contributed by atoms with E-state index in [1.165, 1.54) is 27.3 Å². The van der Waals surface area contributed by atoms with Crippen LogP contribution in [0.5, 0.6) is 0 Å². The number of benzene rings is 5. The molecule has 0 saturated heterocycles. The molecule has 0 unspecified atom stereocenters. The number of hydrogen-bond donors (Lipinski definition) is 0. The fourth-order valence-corrected chi connectivity index (χ4v) is 5.49. The Morgan fingerprint density at radius 3 is 1.65 bits per heavy atom. The molecule has 0 aliphatic carbocycles. The Bertz CT molecular complexity index is 2040. The molecule has 158 valence electrons. The molecule has 3 aromatic heterocycles. The second-order valence-electron chi connectivity index (χ2n) is 9.10. The molecule has 0 bridgehead atoms. The highest BCUT2D eigenvalue weighted by Gasteiger charge is 2.16. The van der Waals surface area contributed by atoms with Crippen molar-refractivity contribution in [3.8, 4) is 5.69 Å². The predicted molar refractivity (Wildman–Crippen MR) is 144 cm³/mol. The van der Waals surface area contributed by atoms with E-state index in [2.05, 4.69) is 103 Å². The number of aromatic nitrogens is 1. The minimum absolute atomic E-state index is 0.881. The van der Waals surface area contributed by atoms with Crippen molar-refractivity contribution < 1.29 is 8.83 Å². The lowest BCUT2D eigenvalue weighted by Gasteiger charge is -2.07. The summed E-state index contributed by atoms with van der Waals surface area (Å²) in [5, 5.41) is 6.90. The van der Waals surface area contributed by atoms with Crippen LogP contribution in [0.15, 0.2) is 106 Å². The SMILES string of the molecule is Bc1ccc2oc3cc4c(cc3c2c1)oc1ccc(-n2c3ccccc3c3ccccc32)cc14. The van der Waals surface area contributed by atoms with E-state index in [4.69, 9.17) is 8.83 Å². The van der Waals surface area contributed by atoms with Gasteiger partial charge in [-0.25, -0.2) is 0 Å². The third-order valence-corrected chi connectivity index (χ3v) is 7.04. The molecule has 3 heterocycles. The zero-order valence-corrected chi connectivity index (χ0v) is 18.5. The van der Waals surface area contributed by atoms with Gasteiger partial charge in [0.2, 0.25) is 0 Å². The third-order valence-electron chi connectivity index (χ3n) is 7.04. The molecule has 0 aliphatic heterocycles.